The molecule has 0 unspecified atom stereocenters. The summed E-state index contributed by atoms with van der Waals surface area (Å²) in [7, 11) is -3.61. The van der Waals surface area contributed by atoms with Gasteiger partial charge in [-0.15, -0.1) is 0 Å². The quantitative estimate of drug-likeness (QED) is 0.391. The SMILES string of the molecule is Cc1ccc(S(=O)(=O)N[C@H](C)[C@H](CC(C)C)N(Cc2ccccc2)Cc2ccccc2)cc1. The first-order chi connectivity index (χ1) is 15.7. The first kappa shape index (κ1) is 25.2. The van der Waals surface area contributed by atoms with E-state index in [2.05, 4.69) is 72.0 Å². The minimum absolute atomic E-state index is 0.0330. The van der Waals surface area contributed by atoms with Crippen LogP contribution in [0, 0.1) is 12.8 Å². The molecule has 176 valence electrons. The second-order valence-electron chi connectivity index (χ2n) is 9.30. The first-order valence-corrected chi connectivity index (χ1v) is 13.1. The molecule has 0 radical (unpaired) electrons. The average molecular weight is 465 g/mol. The second-order valence-corrected chi connectivity index (χ2v) is 11.0. The lowest BCUT2D eigenvalue weighted by Crippen LogP contribution is -2.50. The summed E-state index contributed by atoms with van der Waals surface area (Å²) in [5.41, 5.74) is 3.48. The molecule has 4 nitrogen and oxygen atoms in total. The van der Waals surface area contributed by atoms with Crippen LogP contribution < -0.4 is 4.72 Å². The number of rotatable bonds is 11. The molecule has 1 N–H and O–H groups in total. The van der Waals surface area contributed by atoms with Crippen molar-refractivity contribution in [3.63, 3.8) is 0 Å². The van der Waals surface area contributed by atoms with Gasteiger partial charge in [0.1, 0.15) is 0 Å². The van der Waals surface area contributed by atoms with E-state index < -0.39 is 10.0 Å². The van der Waals surface area contributed by atoms with E-state index >= 15 is 0 Å². The third-order valence-electron chi connectivity index (χ3n) is 5.89. The smallest absolute Gasteiger partial charge is 0.240 e. The Morgan fingerprint density at radius 1 is 0.758 bits per heavy atom. The van der Waals surface area contributed by atoms with Crippen molar-refractivity contribution in [2.75, 3.05) is 0 Å². The van der Waals surface area contributed by atoms with Gasteiger partial charge in [-0.3, -0.25) is 4.90 Å². The number of benzene rings is 3. The topological polar surface area (TPSA) is 49.4 Å². The number of hydrogen-bond donors (Lipinski definition) is 1. The molecule has 0 aliphatic carbocycles. The van der Waals surface area contributed by atoms with Gasteiger partial charge in [-0.25, -0.2) is 13.1 Å². The first-order valence-electron chi connectivity index (χ1n) is 11.7. The highest BCUT2D eigenvalue weighted by molar-refractivity contribution is 7.89. The Bertz CT molecular complexity index is 1040. The minimum atomic E-state index is -3.61. The van der Waals surface area contributed by atoms with E-state index in [9.17, 15) is 8.42 Å². The molecule has 0 saturated heterocycles. The van der Waals surface area contributed by atoms with Crippen LogP contribution in [-0.2, 0) is 23.1 Å². The Morgan fingerprint density at radius 2 is 1.24 bits per heavy atom. The van der Waals surface area contributed by atoms with Crippen LogP contribution in [0.5, 0.6) is 0 Å². The number of aryl methyl sites for hydroxylation is 1. The van der Waals surface area contributed by atoms with Crippen molar-refractivity contribution in [3.8, 4) is 0 Å². The Kier molecular flexibility index (Phi) is 8.84. The van der Waals surface area contributed by atoms with Crippen molar-refractivity contribution in [2.45, 2.75) is 64.2 Å². The van der Waals surface area contributed by atoms with Gasteiger partial charge in [0.25, 0.3) is 0 Å². The van der Waals surface area contributed by atoms with Crippen LogP contribution in [0.15, 0.2) is 89.8 Å². The van der Waals surface area contributed by atoms with Crippen LogP contribution in [-0.4, -0.2) is 25.4 Å². The van der Waals surface area contributed by atoms with Crippen LogP contribution in [0.2, 0.25) is 0 Å². The Hall–Kier alpha value is -2.47. The normalized spacial score (nSPS) is 13.9. The second kappa shape index (κ2) is 11.6. The third-order valence-corrected chi connectivity index (χ3v) is 7.46. The van der Waals surface area contributed by atoms with Gasteiger partial charge in [-0.1, -0.05) is 92.2 Å². The maximum atomic E-state index is 13.2. The average Bonchev–Trinajstić information content (AvgIpc) is 2.78. The van der Waals surface area contributed by atoms with Gasteiger partial charge >= 0.3 is 0 Å². The van der Waals surface area contributed by atoms with E-state index in [1.54, 1.807) is 12.1 Å². The minimum Gasteiger partial charge on any atom is -0.290 e. The van der Waals surface area contributed by atoms with E-state index in [0.29, 0.717) is 10.8 Å². The Labute approximate surface area is 199 Å². The zero-order chi connectivity index (χ0) is 23.8. The monoisotopic (exact) mass is 464 g/mol. The predicted octanol–water partition coefficient (Wildman–Crippen LogP) is 5.78. The Balaban J connectivity index is 1.89. The molecule has 0 fully saturated rings. The summed E-state index contributed by atoms with van der Waals surface area (Å²) in [6.45, 7) is 9.83. The van der Waals surface area contributed by atoms with E-state index in [1.807, 2.05) is 38.1 Å². The van der Waals surface area contributed by atoms with Gasteiger partial charge in [0.15, 0.2) is 0 Å². The molecule has 0 aliphatic heterocycles. The van der Waals surface area contributed by atoms with Gasteiger partial charge < -0.3 is 0 Å². The van der Waals surface area contributed by atoms with Gasteiger partial charge in [-0.2, -0.15) is 0 Å². The Morgan fingerprint density at radius 3 is 1.70 bits per heavy atom. The van der Waals surface area contributed by atoms with Gasteiger partial charge in [0, 0.05) is 25.2 Å². The zero-order valence-electron chi connectivity index (χ0n) is 20.1. The number of nitrogens with zero attached hydrogens (tertiary/aromatic N) is 1. The summed E-state index contributed by atoms with van der Waals surface area (Å²) in [6.07, 6.45) is 0.886. The maximum absolute atomic E-state index is 13.2. The number of nitrogens with one attached hydrogen (secondary N) is 1. The van der Waals surface area contributed by atoms with E-state index in [0.717, 1.165) is 25.1 Å². The molecule has 0 aromatic heterocycles. The predicted molar refractivity (Wildman–Crippen MR) is 136 cm³/mol. The van der Waals surface area contributed by atoms with Crippen LogP contribution in [0.3, 0.4) is 0 Å². The highest BCUT2D eigenvalue weighted by atomic mass is 32.2. The fraction of sp³-hybridized carbons (Fsp3) is 0.357. The molecule has 0 amide bonds. The molecule has 3 aromatic rings. The zero-order valence-corrected chi connectivity index (χ0v) is 20.9. The van der Waals surface area contributed by atoms with Crippen LogP contribution in [0.4, 0.5) is 0 Å². The lowest BCUT2D eigenvalue weighted by Gasteiger charge is -2.37. The van der Waals surface area contributed by atoms with E-state index in [1.165, 1.54) is 11.1 Å². The van der Waals surface area contributed by atoms with Crippen LogP contribution >= 0.6 is 0 Å². The molecule has 3 aromatic carbocycles. The van der Waals surface area contributed by atoms with Crippen molar-refractivity contribution in [3.05, 3.63) is 102 Å². The molecular formula is C28H36N2O2S. The van der Waals surface area contributed by atoms with Gasteiger partial charge in [0.2, 0.25) is 10.0 Å². The summed E-state index contributed by atoms with van der Waals surface area (Å²) in [5.74, 6) is 0.426. The van der Waals surface area contributed by atoms with E-state index in [-0.39, 0.29) is 12.1 Å². The van der Waals surface area contributed by atoms with Crippen LogP contribution in [0.25, 0.3) is 0 Å². The molecule has 0 heterocycles. The standard InChI is InChI=1S/C28H36N2O2S/c1-22(2)19-28(24(4)29-33(31,32)27-17-15-23(3)16-18-27)30(20-25-11-7-5-8-12-25)21-26-13-9-6-10-14-26/h5-18,22,24,28-29H,19-21H2,1-4H3/t24-,28+/m1/s1. The van der Waals surface area contributed by atoms with Crippen molar-refractivity contribution < 1.29 is 8.42 Å². The number of sulfonamides is 1. The van der Waals surface area contributed by atoms with Gasteiger partial charge in [-0.05, 0) is 49.4 Å². The van der Waals surface area contributed by atoms with Gasteiger partial charge in [0.05, 0.1) is 4.90 Å². The molecule has 3 rings (SSSR count). The molecule has 2 atom stereocenters. The van der Waals surface area contributed by atoms with Crippen molar-refractivity contribution in [1.29, 1.82) is 0 Å². The molecule has 0 spiro atoms. The third kappa shape index (κ3) is 7.53. The number of hydrogen-bond acceptors (Lipinski definition) is 3. The summed E-state index contributed by atoms with van der Waals surface area (Å²) in [5, 5.41) is 0. The summed E-state index contributed by atoms with van der Waals surface area (Å²) < 4.78 is 29.3. The molecule has 0 bridgehead atoms. The largest absolute Gasteiger partial charge is 0.290 e. The molecule has 33 heavy (non-hydrogen) atoms. The molecular weight excluding hydrogens is 428 g/mol. The fourth-order valence-corrected chi connectivity index (χ4v) is 5.46. The van der Waals surface area contributed by atoms with Crippen LogP contribution in [0.1, 0.15) is 43.9 Å². The summed E-state index contributed by atoms with van der Waals surface area (Å²) in [6, 6.07) is 27.6. The highest BCUT2D eigenvalue weighted by Crippen LogP contribution is 2.22. The summed E-state index contributed by atoms with van der Waals surface area (Å²) in [4.78, 5) is 2.72. The molecule has 0 aliphatic rings. The fourth-order valence-electron chi connectivity index (χ4n) is 4.19. The van der Waals surface area contributed by atoms with E-state index in [4.69, 9.17) is 0 Å². The molecule has 0 saturated carbocycles. The maximum Gasteiger partial charge on any atom is 0.240 e. The lowest BCUT2D eigenvalue weighted by molar-refractivity contribution is 0.132. The van der Waals surface area contributed by atoms with Crippen molar-refractivity contribution in [2.24, 2.45) is 5.92 Å². The van der Waals surface area contributed by atoms with Crippen molar-refractivity contribution >= 4 is 10.0 Å². The highest BCUT2D eigenvalue weighted by Gasteiger charge is 2.29. The molecule has 5 heteroatoms. The van der Waals surface area contributed by atoms with Crippen molar-refractivity contribution in [1.82, 2.24) is 9.62 Å². The summed E-state index contributed by atoms with van der Waals surface area (Å²) >= 11 is 0. The lowest BCUT2D eigenvalue weighted by atomic mass is 9.96.